The summed E-state index contributed by atoms with van der Waals surface area (Å²) in [5, 5.41) is 10.8. The first-order chi connectivity index (χ1) is 9.40. The summed E-state index contributed by atoms with van der Waals surface area (Å²) in [4.78, 5) is 0. The van der Waals surface area contributed by atoms with Crippen molar-refractivity contribution < 1.29 is 13.9 Å². The zero-order chi connectivity index (χ0) is 14.9. The summed E-state index contributed by atoms with van der Waals surface area (Å²) in [7, 11) is 0. The standard InChI is InChI=1S/C14H9BrCl2F2O/c15-10-2-4-12(18)9(14(10)19)6-13(20)8-5-7(16)1-3-11(8)17/h1-5,13,20H,6H2. The van der Waals surface area contributed by atoms with Crippen LogP contribution in [0.15, 0.2) is 34.8 Å². The molecule has 0 spiro atoms. The molecular weight excluding hydrogens is 373 g/mol. The molecule has 0 radical (unpaired) electrons. The molecule has 2 rings (SSSR count). The number of aliphatic hydroxyl groups excluding tert-OH is 1. The largest absolute Gasteiger partial charge is 0.388 e. The number of halogens is 5. The minimum atomic E-state index is -1.15. The van der Waals surface area contributed by atoms with Gasteiger partial charge in [-0.1, -0.05) is 23.2 Å². The minimum Gasteiger partial charge on any atom is -0.388 e. The Hall–Kier alpha value is -0.680. The molecule has 2 aromatic rings. The van der Waals surface area contributed by atoms with Gasteiger partial charge in [-0.25, -0.2) is 8.78 Å². The molecule has 1 N–H and O–H groups in total. The summed E-state index contributed by atoms with van der Waals surface area (Å²) in [5.41, 5.74) is 0.126. The molecule has 106 valence electrons. The number of aliphatic hydroxyl groups is 1. The zero-order valence-electron chi connectivity index (χ0n) is 10.0. The van der Waals surface area contributed by atoms with Crippen molar-refractivity contribution in [2.45, 2.75) is 12.5 Å². The highest BCUT2D eigenvalue weighted by Crippen LogP contribution is 2.31. The Balaban J connectivity index is 2.35. The van der Waals surface area contributed by atoms with Crippen LogP contribution >= 0.6 is 39.1 Å². The number of benzene rings is 2. The van der Waals surface area contributed by atoms with Crippen LogP contribution in [0.1, 0.15) is 17.2 Å². The Morgan fingerprint density at radius 1 is 1.15 bits per heavy atom. The van der Waals surface area contributed by atoms with Crippen LogP contribution in [0.3, 0.4) is 0 Å². The molecule has 0 amide bonds. The van der Waals surface area contributed by atoms with Crippen molar-refractivity contribution in [3.8, 4) is 0 Å². The lowest BCUT2D eigenvalue weighted by atomic mass is 10.0. The van der Waals surface area contributed by atoms with Gasteiger partial charge in [0.2, 0.25) is 0 Å². The summed E-state index contributed by atoms with van der Waals surface area (Å²) in [6, 6.07) is 6.97. The van der Waals surface area contributed by atoms with Crippen LogP contribution < -0.4 is 0 Å². The van der Waals surface area contributed by atoms with Crippen molar-refractivity contribution in [2.24, 2.45) is 0 Å². The summed E-state index contributed by atoms with van der Waals surface area (Å²) in [6.07, 6.45) is -1.39. The van der Waals surface area contributed by atoms with E-state index >= 15 is 0 Å². The third-order valence-electron chi connectivity index (χ3n) is 2.85. The molecule has 1 nitrogen and oxygen atoms in total. The van der Waals surface area contributed by atoms with Gasteiger partial charge in [0.15, 0.2) is 0 Å². The third-order valence-corrected chi connectivity index (χ3v) is 4.05. The van der Waals surface area contributed by atoms with E-state index < -0.39 is 17.7 Å². The molecule has 0 fully saturated rings. The van der Waals surface area contributed by atoms with Crippen LogP contribution in [0.5, 0.6) is 0 Å². The Bertz CT molecular complexity index is 649. The number of hydrogen-bond acceptors (Lipinski definition) is 1. The van der Waals surface area contributed by atoms with Gasteiger partial charge < -0.3 is 5.11 Å². The normalized spacial score (nSPS) is 12.5. The van der Waals surface area contributed by atoms with Gasteiger partial charge in [-0.05, 0) is 46.3 Å². The molecule has 0 saturated heterocycles. The Morgan fingerprint density at radius 3 is 2.55 bits per heavy atom. The molecule has 0 aromatic heterocycles. The van der Waals surface area contributed by atoms with Crippen LogP contribution in [-0.2, 0) is 6.42 Å². The second-order valence-electron chi connectivity index (χ2n) is 4.21. The maximum absolute atomic E-state index is 13.9. The monoisotopic (exact) mass is 380 g/mol. The fourth-order valence-electron chi connectivity index (χ4n) is 1.83. The fraction of sp³-hybridized carbons (Fsp3) is 0.143. The van der Waals surface area contributed by atoms with Crippen molar-refractivity contribution in [1.82, 2.24) is 0 Å². The van der Waals surface area contributed by atoms with E-state index in [0.717, 1.165) is 6.07 Å². The van der Waals surface area contributed by atoms with E-state index in [0.29, 0.717) is 10.6 Å². The van der Waals surface area contributed by atoms with E-state index in [2.05, 4.69) is 15.9 Å². The fourth-order valence-corrected chi connectivity index (χ4v) is 2.62. The molecule has 20 heavy (non-hydrogen) atoms. The van der Waals surface area contributed by atoms with Gasteiger partial charge in [0, 0.05) is 27.6 Å². The van der Waals surface area contributed by atoms with E-state index in [1.54, 1.807) is 6.07 Å². The average molecular weight is 382 g/mol. The molecule has 6 heteroatoms. The van der Waals surface area contributed by atoms with E-state index in [9.17, 15) is 13.9 Å². The van der Waals surface area contributed by atoms with Crippen LogP contribution in [0.4, 0.5) is 8.78 Å². The highest BCUT2D eigenvalue weighted by Gasteiger charge is 2.19. The second kappa shape index (κ2) is 6.39. The smallest absolute Gasteiger partial charge is 0.143 e. The van der Waals surface area contributed by atoms with E-state index in [1.165, 1.54) is 18.2 Å². The molecule has 0 aliphatic heterocycles. The van der Waals surface area contributed by atoms with Crippen LogP contribution in [0.25, 0.3) is 0 Å². The summed E-state index contributed by atoms with van der Waals surface area (Å²) in [6.45, 7) is 0. The lowest BCUT2D eigenvalue weighted by molar-refractivity contribution is 0.175. The highest BCUT2D eigenvalue weighted by molar-refractivity contribution is 9.10. The van der Waals surface area contributed by atoms with Gasteiger partial charge in [0.05, 0.1) is 10.6 Å². The van der Waals surface area contributed by atoms with E-state index in [-0.39, 0.29) is 21.5 Å². The highest BCUT2D eigenvalue weighted by atomic mass is 79.9. The minimum absolute atomic E-state index is 0.137. The predicted octanol–water partition coefficient (Wildman–Crippen LogP) is 5.31. The predicted molar refractivity (Wildman–Crippen MR) is 79.2 cm³/mol. The maximum Gasteiger partial charge on any atom is 0.143 e. The Labute approximate surface area is 133 Å². The van der Waals surface area contributed by atoms with Gasteiger partial charge in [-0.15, -0.1) is 0 Å². The first-order valence-corrected chi connectivity index (χ1v) is 7.20. The van der Waals surface area contributed by atoms with Crippen molar-refractivity contribution >= 4 is 39.1 Å². The van der Waals surface area contributed by atoms with Gasteiger partial charge in [0.1, 0.15) is 11.6 Å². The molecule has 2 aromatic carbocycles. The second-order valence-corrected chi connectivity index (χ2v) is 5.91. The Kier molecular flexibility index (Phi) is 5.02. The average Bonchev–Trinajstić information content (AvgIpc) is 2.41. The lowest BCUT2D eigenvalue weighted by Crippen LogP contribution is -2.07. The molecular formula is C14H9BrCl2F2O. The van der Waals surface area contributed by atoms with Gasteiger partial charge in [-0.2, -0.15) is 0 Å². The van der Waals surface area contributed by atoms with Crippen LogP contribution in [-0.4, -0.2) is 5.11 Å². The molecule has 0 aliphatic carbocycles. The SMILES string of the molecule is OC(Cc1c(F)ccc(Br)c1F)c1cc(Cl)ccc1Cl. The quantitative estimate of drug-likeness (QED) is 0.714. The molecule has 1 atom stereocenters. The van der Waals surface area contributed by atoms with Gasteiger partial charge in [0.25, 0.3) is 0 Å². The molecule has 0 heterocycles. The van der Waals surface area contributed by atoms with Crippen LogP contribution in [0, 0.1) is 11.6 Å². The summed E-state index contributed by atoms with van der Waals surface area (Å²) in [5.74, 6) is -1.45. The van der Waals surface area contributed by atoms with E-state index in [4.69, 9.17) is 23.2 Å². The van der Waals surface area contributed by atoms with Crippen LogP contribution in [0.2, 0.25) is 10.0 Å². The summed E-state index contributed by atoms with van der Waals surface area (Å²) < 4.78 is 27.7. The van der Waals surface area contributed by atoms with Gasteiger partial charge in [-0.3, -0.25) is 0 Å². The first-order valence-electron chi connectivity index (χ1n) is 5.65. The van der Waals surface area contributed by atoms with Crippen molar-refractivity contribution in [1.29, 1.82) is 0 Å². The third kappa shape index (κ3) is 3.31. The molecule has 0 bridgehead atoms. The zero-order valence-corrected chi connectivity index (χ0v) is 13.1. The molecule has 0 saturated carbocycles. The molecule has 1 unspecified atom stereocenters. The Morgan fingerprint density at radius 2 is 1.85 bits per heavy atom. The van der Waals surface area contributed by atoms with Crippen molar-refractivity contribution in [3.63, 3.8) is 0 Å². The maximum atomic E-state index is 13.9. The first kappa shape index (κ1) is 15.7. The number of rotatable bonds is 3. The van der Waals surface area contributed by atoms with Crippen molar-refractivity contribution in [2.75, 3.05) is 0 Å². The van der Waals surface area contributed by atoms with Crippen molar-refractivity contribution in [3.05, 3.63) is 67.6 Å². The van der Waals surface area contributed by atoms with E-state index in [1.807, 2.05) is 0 Å². The summed E-state index contributed by atoms with van der Waals surface area (Å²) >= 11 is 14.8. The molecule has 0 aliphatic rings. The lowest BCUT2D eigenvalue weighted by Gasteiger charge is -2.14. The number of hydrogen-bond donors (Lipinski definition) is 1. The van der Waals surface area contributed by atoms with Gasteiger partial charge >= 0.3 is 0 Å². The topological polar surface area (TPSA) is 20.2 Å².